The van der Waals surface area contributed by atoms with Gasteiger partial charge in [-0.2, -0.15) is 0 Å². The van der Waals surface area contributed by atoms with Crippen LogP contribution in [-0.2, 0) is 11.2 Å². The van der Waals surface area contributed by atoms with E-state index in [2.05, 4.69) is 43.0 Å². The summed E-state index contributed by atoms with van der Waals surface area (Å²) >= 11 is 0. The number of hydrogen-bond acceptors (Lipinski definition) is 3. The van der Waals surface area contributed by atoms with Crippen molar-refractivity contribution in [3.8, 4) is 0 Å². The molecular weight excluding hydrogens is 248 g/mol. The summed E-state index contributed by atoms with van der Waals surface area (Å²) in [5.41, 5.74) is 8.09. The van der Waals surface area contributed by atoms with Gasteiger partial charge < -0.3 is 15.4 Å². The first kappa shape index (κ1) is 15.3. The molecule has 3 nitrogen and oxygen atoms in total. The van der Waals surface area contributed by atoms with Crippen molar-refractivity contribution >= 4 is 18.1 Å². The molecule has 0 spiro atoms. The molecule has 1 aliphatic heterocycles. The van der Waals surface area contributed by atoms with E-state index in [4.69, 9.17) is 10.5 Å². The lowest BCUT2D eigenvalue weighted by Crippen LogP contribution is -2.48. The average Bonchev–Trinajstić information content (AvgIpc) is 2.29. The maximum atomic E-state index is 5.72. The van der Waals surface area contributed by atoms with Gasteiger partial charge in [0.25, 0.3) is 0 Å². The number of halogens is 1. The zero-order valence-electron chi connectivity index (χ0n) is 11.2. The second-order valence-electron chi connectivity index (χ2n) is 5.23. The fourth-order valence-corrected chi connectivity index (χ4v) is 2.28. The van der Waals surface area contributed by atoms with Crippen molar-refractivity contribution in [2.24, 2.45) is 5.73 Å². The fraction of sp³-hybridized carbons (Fsp3) is 0.571. The maximum absolute atomic E-state index is 5.72. The van der Waals surface area contributed by atoms with E-state index in [1.54, 1.807) is 0 Å². The number of hydrogen-bond donors (Lipinski definition) is 1. The normalized spacial score (nSPS) is 18.3. The van der Waals surface area contributed by atoms with E-state index >= 15 is 0 Å². The van der Waals surface area contributed by atoms with Crippen LogP contribution >= 0.6 is 12.4 Å². The molecule has 1 fully saturated rings. The third-order valence-electron chi connectivity index (χ3n) is 3.16. The van der Waals surface area contributed by atoms with Gasteiger partial charge in [0.15, 0.2) is 0 Å². The summed E-state index contributed by atoms with van der Waals surface area (Å²) in [7, 11) is 0. The molecule has 0 aromatic heterocycles. The third kappa shape index (κ3) is 3.87. The first-order valence-corrected chi connectivity index (χ1v) is 6.29. The van der Waals surface area contributed by atoms with Crippen molar-refractivity contribution < 1.29 is 4.74 Å². The Hall–Kier alpha value is -0.770. The number of anilines is 1. The third-order valence-corrected chi connectivity index (χ3v) is 3.16. The summed E-state index contributed by atoms with van der Waals surface area (Å²) in [4.78, 5) is 2.38. The highest BCUT2D eigenvalue weighted by Gasteiger charge is 2.27. The highest BCUT2D eigenvalue weighted by atomic mass is 35.5. The zero-order chi connectivity index (χ0) is 12.3. The minimum absolute atomic E-state index is 0. The molecule has 0 unspecified atom stereocenters. The molecule has 0 amide bonds. The number of nitrogens with zero attached hydrogens (tertiary/aromatic N) is 1. The lowest BCUT2D eigenvalue weighted by Gasteiger charge is -2.39. The molecule has 1 heterocycles. The predicted molar refractivity (Wildman–Crippen MR) is 78.7 cm³/mol. The Bertz CT molecular complexity index is 365. The Morgan fingerprint density at radius 3 is 2.50 bits per heavy atom. The molecule has 2 rings (SSSR count). The summed E-state index contributed by atoms with van der Waals surface area (Å²) in [6.07, 6.45) is 0.953. The smallest absolute Gasteiger partial charge is 0.0801 e. The second-order valence-corrected chi connectivity index (χ2v) is 5.23. The molecule has 0 bridgehead atoms. The van der Waals surface area contributed by atoms with E-state index in [1.165, 1.54) is 11.3 Å². The van der Waals surface area contributed by atoms with Gasteiger partial charge in [0, 0.05) is 18.8 Å². The summed E-state index contributed by atoms with van der Waals surface area (Å²) in [6.45, 7) is 7.72. The first-order valence-electron chi connectivity index (χ1n) is 6.29. The Morgan fingerprint density at radius 2 is 1.94 bits per heavy atom. The van der Waals surface area contributed by atoms with Crippen molar-refractivity contribution in [1.82, 2.24) is 0 Å². The van der Waals surface area contributed by atoms with Gasteiger partial charge in [-0.25, -0.2) is 0 Å². The molecule has 1 aromatic rings. The van der Waals surface area contributed by atoms with Crippen LogP contribution in [-0.4, -0.2) is 31.8 Å². The number of nitrogens with two attached hydrogens (primary N) is 1. The van der Waals surface area contributed by atoms with Crippen molar-refractivity contribution in [2.75, 3.05) is 31.1 Å². The van der Waals surface area contributed by atoms with Gasteiger partial charge in [0.2, 0.25) is 0 Å². The molecule has 1 aliphatic rings. The van der Waals surface area contributed by atoms with Crippen LogP contribution in [0.5, 0.6) is 0 Å². The average molecular weight is 271 g/mol. The van der Waals surface area contributed by atoms with Crippen LogP contribution in [0.15, 0.2) is 24.3 Å². The fourth-order valence-electron chi connectivity index (χ4n) is 2.28. The van der Waals surface area contributed by atoms with Crippen LogP contribution in [0.25, 0.3) is 0 Å². The Labute approximate surface area is 116 Å². The molecule has 0 atom stereocenters. The van der Waals surface area contributed by atoms with Crippen molar-refractivity contribution in [3.63, 3.8) is 0 Å². The first-order chi connectivity index (χ1) is 8.11. The van der Waals surface area contributed by atoms with Gasteiger partial charge in [-0.05, 0) is 44.5 Å². The number of morpholine rings is 1. The lowest BCUT2D eigenvalue weighted by atomic mass is 10.1. The van der Waals surface area contributed by atoms with Gasteiger partial charge in [0.05, 0.1) is 12.2 Å². The van der Waals surface area contributed by atoms with Crippen LogP contribution in [0.3, 0.4) is 0 Å². The molecule has 18 heavy (non-hydrogen) atoms. The van der Waals surface area contributed by atoms with Crippen LogP contribution in [0, 0.1) is 0 Å². The molecule has 0 aliphatic carbocycles. The lowest BCUT2D eigenvalue weighted by molar-refractivity contribution is -0.0276. The number of benzene rings is 1. The highest BCUT2D eigenvalue weighted by molar-refractivity contribution is 5.85. The second kappa shape index (κ2) is 6.41. The van der Waals surface area contributed by atoms with Gasteiger partial charge in [0.1, 0.15) is 0 Å². The van der Waals surface area contributed by atoms with Crippen LogP contribution < -0.4 is 10.6 Å². The van der Waals surface area contributed by atoms with E-state index in [0.717, 1.165) is 26.1 Å². The quantitative estimate of drug-likeness (QED) is 0.915. The number of ether oxygens (including phenoxy) is 1. The van der Waals surface area contributed by atoms with Crippen LogP contribution in [0.2, 0.25) is 0 Å². The number of rotatable bonds is 3. The summed E-state index contributed by atoms with van der Waals surface area (Å²) in [5.74, 6) is 0. The largest absolute Gasteiger partial charge is 0.372 e. The van der Waals surface area contributed by atoms with Gasteiger partial charge in [-0.15, -0.1) is 12.4 Å². The zero-order valence-corrected chi connectivity index (χ0v) is 12.0. The van der Waals surface area contributed by atoms with E-state index in [-0.39, 0.29) is 18.0 Å². The van der Waals surface area contributed by atoms with Crippen LogP contribution in [0.1, 0.15) is 19.4 Å². The van der Waals surface area contributed by atoms with Crippen molar-refractivity contribution in [1.29, 1.82) is 0 Å². The molecule has 0 saturated carbocycles. The minimum atomic E-state index is -0.0474. The Balaban J connectivity index is 0.00000162. The summed E-state index contributed by atoms with van der Waals surface area (Å²) < 4.78 is 5.72. The van der Waals surface area contributed by atoms with Crippen LogP contribution in [0.4, 0.5) is 5.69 Å². The molecule has 102 valence electrons. The highest BCUT2D eigenvalue weighted by Crippen LogP contribution is 2.23. The SMILES string of the molecule is CC1(C)CN(c2ccc(CCN)cc2)CCO1.Cl. The molecule has 4 heteroatoms. The summed E-state index contributed by atoms with van der Waals surface area (Å²) in [6, 6.07) is 8.72. The molecule has 2 N–H and O–H groups in total. The van der Waals surface area contributed by atoms with E-state index in [0.29, 0.717) is 6.54 Å². The standard InChI is InChI=1S/C14H22N2O.ClH/c1-14(2)11-16(9-10-17-14)13-5-3-12(4-6-13)7-8-15;/h3-6H,7-11,15H2,1-2H3;1H. The van der Waals surface area contributed by atoms with E-state index in [9.17, 15) is 0 Å². The monoisotopic (exact) mass is 270 g/mol. The van der Waals surface area contributed by atoms with E-state index in [1.807, 2.05) is 0 Å². The maximum Gasteiger partial charge on any atom is 0.0801 e. The molecular formula is C14H23ClN2O. The van der Waals surface area contributed by atoms with Crippen molar-refractivity contribution in [2.45, 2.75) is 25.9 Å². The topological polar surface area (TPSA) is 38.5 Å². The van der Waals surface area contributed by atoms with Gasteiger partial charge >= 0.3 is 0 Å². The Kier molecular flexibility index (Phi) is 5.45. The predicted octanol–water partition coefficient (Wildman–Crippen LogP) is 2.22. The summed E-state index contributed by atoms with van der Waals surface area (Å²) in [5, 5.41) is 0. The molecule has 1 saturated heterocycles. The minimum Gasteiger partial charge on any atom is -0.372 e. The van der Waals surface area contributed by atoms with Crippen molar-refractivity contribution in [3.05, 3.63) is 29.8 Å². The molecule has 0 radical (unpaired) electrons. The molecule has 1 aromatic carbocycles. The Morgan fingerprint density at radius 1 is 1.28 bits per heavy atom. The van der Waals surface area contributed by atoms with E-state index < -0.39 is 0 Å². The van der Waals surface area contributed by atoms with Gasteiger partial charge in [-0.3, -0.25) is 0 Å². The van der Waals surface area contributed by atoms with Gasteiger partial charge in [-0.1, -0.05) is 12.1 Å².